The van der Waals surface area contributed by atoms with E-state index >= 15 is 0 Å². The van der Waals surface area contributed by atoms with Crippen molar-refractivity contribution in [3.05, 3.63) is 62.1 Å². The molecule has 0 bridgehead atoms. The van der Waals surface area contributed by atoms with Crippen molar-refractivity contribution in [2.75, 3.05) is 31.1 Å². The number of hydrogen-bond donors (Lipinski definition) is 0. The quantitative estimate of drug-likeness (QED) is 0.638. The number of halogens is 4. The van der Waals surface area contributed by atoms with Crippen LogP contribution in [0.5, 0.6) is 0 Å². The van der Waals surface area contributed by atoms with Crippen LogP contribution in [0, 0.1) is 0 Å². The lowest BCUT2D eigenvalue weighted by atomic mass is 10.1. The van der Waals surface area contributed by atoms with E-state index in [4.69, 9.17) is 46.4 Å². The molecule has 0 spiro atoms. The second-order valence-corrected chi connectivity index (χ2v) is 7.17. The van der Waals surface area contributed by atoms with Gasteiger partial charge in [0.25, 0.3) is 5.91 Å². The fourth-order valence-electron chi connectivity index (χ4n) is 2.72. The highest BCUT2D eigenvalue weighted by molar-refractivity contribution is 6.45. The number of anilines is 1. The van der Waals surface area contributed by atoms with Crippen molar-refractivity contribution >= 4 is 58.0 Å². The summed E-state index contributed by atoms with van der Waals surface area (Å²) < 4.78 is 0. The standard InChI is InChI=1S/C17H14Cl4N2O/c18-11-2-1-3-13(8-11)22-4-6-23(7-5-22)17(24)14-9-12(19)10-15(20)16(14)21/h1-3,8-10H,4-7H2. The van der Waals surface area contributed by atoms with Gasteiger partial charge in [0.05, 0.1) is 15.6 Å². The van der Waals surface area contributed by atoms with Gasteiger partial charge in [-0.15, -0.1) is 0 Å². The van der Waals surface area contributed by atoms with E-state index in [9.17, 15) is 4.79 Å². The normalized spacial score (nSPS) is 14.8. The first-order valence-electron chi connectivity index (χ1n) is 7.40. The number of rotatable bonds is 2. The zero-order chi connectivity index (χ0) is 17.3. The van der Waals surface area contributed by atoms with E-state index in [0.717, 1.165) is 18.8 Å². The molecule has 0 N–H and O–H groups in total. The summed E-state index contributed by atoms with van der Waals surface area (Å²) in [5.74, 6) is -0.157. The van der Waals surface area contributed by atoms with Gasteiger partial charge in [0.15, 0.2) is 0 Å². The van der Waals surface area contributed by atoms with Gasteiger partial charge in [0.1, 0.15) is 0 Å². The summed E-state index contributed by atoms with van der Waals surface area (Å²) in [5, 5.41) is 1.62. The Balaban J connectivity index is 1.72. The lowest BCUT2D eigenvalue weighted by Crippen LogP contribution is -2.48. The van der Waals surface area contributed by atoms with Crippen LogP contribution >= 0.6 is 46.4 Å². The molecule has 0 radical (unpaired) electrons. The molecule has 2 aromatic rings. The van der Waals surface area contributed by atoms with Crippen molar-refractivity contribution in [2.45, 2.75) is 0 Å². The Morgan fingerprint density at radius 2 is 1.58 bits per heavy atom. The molecule has 1 aliphatic rings. The van der Waals surface area contributed by atoms with E-state index in [-0.39, 0.29) is 16.0 Å². The number of carbonyl (C=O) groups excluding carboxylic acids is 1. The van der Waals surface area contributed by atoms with E-state index in [1.807, 2.05) is 24.3 Å². The minimum Gasteiger partial charge on any atom is -0.368 e. The molecule has 126 valence electrons. The predicted molar refractivity (Wildman–Crippen MR) is 101 cm³/mol. The van der Waals surface area contributed by atoms with Gasteiger partial charge in [-0.1, -0.05) is 52.5 Å². The number of benzene rings is 2. The molecule has 0 atom stereocenters. The largest absolute Gasteiger partial charge is 0.368 e. The molecule has 0 aliphatic carbocycles. The van der Waals surface area contributed by atoms with Crippen LogP contribution in [0.1, 0.15) is 10.4 Å². The molecular weight excluding hydrogens is 390 g/mol. The minimum atomic E-state index is -0.157. The molecule has 2 aromatic carbocycles. The molecule has 1 aliphatic heterocycles. The zero-order valence-electron chi connectivity index (χ0n) is 12.6. The third kappa shape index (κ3) is 3.75. The second kappa shape index (κ2) is 7.40. The van der Waals surface area contributed by atoms with E-state index in [2.05, 4.69) is 4.90 Å². The summed E-state index contributed by atoms with van der Waals surface area (Å²) in [5.41, 5.74) is 1.39. The van der Waals surface area contributed by atoms with Gasteiger partial charge >= 0.3 is 0 Å². The van der Waals surface area contributed by atoms with Gasteiger partial charge in [0, 0.05) is 41.9 Å². The molecule has 1 saturated heterocycles. The summed E-state index contributed by atoms with van der Waals surface area (Å²) in [6.07, 6.45) is 0. The van der Waals surface area contributed by atoms with Crippen LogP contribution in [0.25, 0.3) is 0 Å². The maximum atomic E-state index is 12.7. The molecule has 7 heteroatoms. The summed E-state index contributed by atoms with van der Waals surface area (Å²) in [6, 6.07) is 10.8. The van der Waals surface area contributed by atoms with Crippen molar-refractivity contribution < 1.29 is 4.79 Å². The number of piperazine rings is 1. The molecule has 1 heterocycles. The highest BCUT2D eigenvalue weighted by Crippen LogP contribution is 2.31. The smallest absolute Gasteiger partial charge is 0.255 e. The Morgan fingerprint density at radius 1 is 0.875 bits per heavy atom. The van der Waals surface area contributed by atoms with Crippen molar-refractivity contribution in [3.63, 3.8) is 0 Å². The zero-order valence-corrected chi connectivity index (χ0v) is 15.6. The number of nitrogens with zero attached hydrogens (tertiary/aromatic N) is 2. The van der Waals surface area contributed by atoms with Crippen LogP contribution in [-0.2, 0) is 0 Å². The summed E-state index contributed by atoms with van der Waals surface area (Å²) in [4.78, 5) is 16.7. The third-order valence-electron chi connectivity index (χ3n) is 3.96. The Hall–Kier alpha value is -1.13. The van der Waals surface area contributed by atoms with Crippen LogP contribution in [0.4, 0.5) is 5.69 Å². The van der Waals surface area contributed by atoms with Crippen molar-refractivity contribution in [1.29, 1.82) is 0 Å². The molecule has 0 saturated carbocycles. The van der Waals surface area contributed by atoms with Crippen molar-refractivity contribution in [2.24, 2.45) is 0 Å². The first-order chi connectivity index (χ1) is 11.5. The molecule has 1 fully saturated rings. The average molecular weight is 404 g/mol. The molecule has 1 amide bonds. The van der Waals surface area contributed by atoms with E-state index in [1.54, 1.807) is 11.0 Å². The Bertz CT molecular complexity index is 773. The maximum absolute atomic E-state index is 12.7. The van der Waals surface area contributed by atoms with Gasteiger partial charge in [0.2, 0.25) is 0 Å². The Labute approximate surface area is 160 Å². The predicted octanol–water partition coefficient (Wildman–Crippen LogP) is 5.26. The number of amides is 1. The van der Waals surface area contributed by atoms with Crippen LogP contribution in [0.2, 0.25) is 20.1 Å². The first kappa shape index (κ1) is 17.7. The second-order valence-electron chi connectivity index (χ2n) is 5.51. The highest BCUT2D eigenvalue weighted by Gasteiger charge is 2.25. The van der Waals surface area contributed by atoms with Crippen LogP contribution < -0.4 is 4.90 Å². The van der Waals surface area contributed by atoms with E-state index in [1.165, 1.54) is 6.07 Å². The minimum absolute atomic E-state index is 0.157. The molecule has 3 rings (SSSR count). The Morgan fingerprint density at radius 3 is 2.25 bits per heavy atom. The molecule has 3 nitrogen and oxygen atoms in total. The monoisotopic (exact) mass is 402 g/mol. The van der Waals surface area contributed by atoms with Crippen molar-refractivity contribution in [3.8, 4) is 0 Å². The van der Waals surface area contributed by atoms with Gasteiger partial charge in [-0.05, 0) is 30.3 Å². The van der Waals surface area contributed by atoms with E-state index in [0.29, 0.717) is 28.7 Å². The van der Waals surface area contributed by atoms with Gasteiger partial charge in [-0.3, -0.25) is 4.79 Å². The third-order valence-corrected chi connectivity index (χ3v) is 5.22. The molecule has 0 unspecified atom stereocenters. The maximum Gasteiger partial charge on any atom is 0.255 e. The highest BCUT2D eigenvalue weighted by atomic mass is 35.5. The van der Waals surface area contributed by atoms with Crippen LogP contribution in [0.3, 0.4) is 0 Å². The SMILES string of the molecule is O=C(c1cc(Cl)cc(Cl)c1Cl)N1CCN(c2cccc(Cl)c2)CC1. The van der Waals surface area contributed by atoms with Gasteiger partial charge in [-0.25, -0.2) is 0 Å². The Kier molecular flexibility index (Phi) is 5.46. The molecule has 0 aromatic heterocycles. The number of carbonyl (C=O) groups is 1. The van der Waals surface area contributed by atoms with Crippen LogP contribution in [-0.4, -0.2) is 37.0 Å². The molecule has 24 heavy (non-hydrogen) atoms. The van der Waals surface area contributed by atoms with Gasteiger partial charge in [-0.2, -0.15) is 0 Å². The summed E-state index contributed by atoms with van der Waals surface area (Å²) >= 11 is 24.2. The fraction of sp³-hybridized carbons (Fsp3) is 0.235. The van der Waals surface area contributed by atoms with E-state index < -0.39 is 0 Å². The average Bonchev–Trinajstić information content (AvgIpc) is 2.57. The summed E-state index contributed by atoms with van der Waals surface area (Å²) in [7, 11) is 0. The molecular formula is C17H14Cl4N2O. The fourth-order valence-corrected chi connectivity index (χ4v) is 3.59. The van der Waals surface area contributed by atoms with Gasteiger partial charge < -0.3 is 9.80 Å². The van der Waals surface area contributed by atoms with Crippen molar-refractivity contribution in [1.82, 2.24) is 4.90 Å². The summed E-state index contributed by atoms with van der Waals surface area (Å²) in [6.45, 7) is 2.62. The first-order valence-corrected chi connectivity index (χ1v) is 8.91. The lowest BCUT2D eigenvalue weighted by molar-refractivity contribution is 0.0747. The topological polar surface area (TPSA) is 23.6 Å². The lowest BCUT2D eigenvalue weighted by Gasteiger charge is -2.36. The number of hydrogen-bond acceptors (Lipinski definition) is 2. The van der Waals surface area contributed by atoms with Crippen LogP contribution in [0.15, 0.2) is 36.4 Å².